The number of aromatic carboxylic acids is 1. The molecule has 7 heteroatoms. The molecule has 3 rings (SSSR count). The minimum atomic E-state index is -1.02. The summed E-state index contributed by atoms with van der Waals surface area (Å²) < 4.78 is 15.8. The minimum absolute atomic E-state index is 0.114. The molecule has 1 aliphatic rings. The van der Waals surface area contributed by atoms with Gasteiger partial charge in [-0.05, 0) is 31.0 Å². The molecule has 1 fully saturated rings. The summed E-state index contributed by atoms with van der Waals surface area (Å²) in [6.07, 6.45) is 2.20. The van der Waals surface area contributed by atoms with Crippen LogP contribution in [0.3, 0.4) is 0 Å². The number of carboxylic acid groups (broad SMARTS) is 1. The Kier molecular flexibility index (Phi) is 3.47. The van der Waals surface area contributed by atoms with Gasteiger partial charge in [0.1, 0.15) is 0 Å². The SMILES string of the molecule is COc1cc(C(=O)O)ccc1OCc1nc(C2CC2)no1. The van der Waals surface area contributed by atoms with Gasteiger partial charge in [0, 0.05) is 5.92 Å². The summed E-state index contributed by atoms with van der Waals surface area (Å²) in [5, 5.41) is 12.8. The second-order valence-electron chi connectivity index (χ2n) is 4.78. The molecule has 0 unspecified atom stereocenters. The van der Waals surface area contributed by atoms with E-state index in [2.05, 4.69) is 10.1 Å². The number of ether oxygens (including phenoxy) is 2. The third-order valence-corrected chi connectivity index (χ3v) is 3.19. The Balaban J connectivity index is 1.69. The van der Waals surface area contributed by atoms with Gasteiger partial charge in [0.05, 0.1) is 12.7 Å². The van der Waals surface area contributed by atoms with Gasteiger partial charge in [0.2, 0.25) is 0 Å². The summed E-state index contributed by atoms with van der Waals surface area (Å²) in [7, 11) is 1.45. The topological polar surface area (TPSA) is 94.7 Å². The average Bonchev–Trinajstić information content (AvgIpc) is 3.24. The predicted octanol–water partition coefficient (Wildman–Crippen LogP) is 2.23. The summed E-state index contributed by atoms with van der Waals surface area (Å²) in [4.78, 5) is 15.2. The van der Waals surface area contributed by atoms with Gasteiger partial charge >= 0.3 is 5.97 Å². The molecular weight excluding hydrogens is 276 g/mol. The van der Waals surface area contributed by atoms with Crippen LogP contribution in [0.25, 0.3) is 0 Å². The van der Waals surface area contributed by atoms with E-state index in [1.807, 2.05) is 0 Å². The highest BCUT2D eigenvalue weighted by Crippen LogP contribution is 2.38. The maximum atomic E-state index is 10.9. The van der Waals surface area contributed by atoms with Crippen LogP contribution in [0.1, 0.15) is 40.8 Å². The molecule has 110 valence electrons. The highest BCUT2D eigenvalue weighted by Gasteiger charge is 2.28. The lowest BCUT2D eigenvalue weighted by molar-refractivity contribution is 0.0696. The molecule has 7 nitrogen and oxygen atoms in total. The molecule has 0 amide bonds. The van der Waals surface area contributed by atoms with Crippen molar-refractivity contribution in [2.24, 2.45) is 0 Å². The van der Waals surface area contributed by atoms with Gasteiger partial charge < -0.3 is 19.1 Å². The van der Waals surface area contributed by atoms with E-state index in [9.17, 15) is 4.79 Å². The number of benzene rings is 1. The highest BCUT2D eigenvalue weighted by atomic mass is 16.5. The lowest BCUT2D eigenvalue weighted by Gasteiger charge is -2.09. The van der Waals surface area contributed by atoms with Crippen molar-refractivity contribution in [3.8, 4) is 11.5 Å². The van der Waals surface area contributed by atoms with Crippen molar-refractivity contribution in [3.63, 3.8) is 0 Å². The van der Waals surface area contributed by atoms with Crippen LogP contribution < -0.4 is 9.47 Å². The van der Waals surface area contributed by atoms with Crippen LogP contribution in [0.15, 0.2) is 22.7 Å². The zero-order valence-electron chi connectivity index (χ0n) is 11.4. The minimum Gasteiger partial charge on any atom is -0.493 e. The van der Waals surface area contributed by atoms with Gasteiger partial charge in [0.15, 0.2) is 23.9 Å². The van der Waals surface area contributed by atoms with Crippen molar-refractivity contribution in [2.45, 2.75) is 25.4 Å². The first-order chi connectivity index (χ1) is 10.2. The molecule has 2 aromatic rings. The van der Waals surface area contributed by atoms with E-state index in [0.717, 1.165) is 18.7 Å². The quantitative estimate of drug-likeness (QED) is 0.871. The molecule has 1 aromatic heterocycles. The molecule has 0 aliphatic heterocycles. The first kappa shape index (κ1) is 13.4. The van der Waals surface area contributed by atoms with Crippen molar-refractivity contribution in [3.05, 3.63) is 35.5 Å². The van der Waals surface area contributed by atoms with E-state index >= 15 is 0 Å². The van der Waals surface area contributed by atoms with Crippen LogP contribution in [0.2, 0.25) is 0 Å². The number of hydrogen-bond donors (Lipinski definition) is 1. The predicted molar refractivity (Wildman–Crippen MR) is 70.6 cm³/mol. The molecule has 0 saturated heterocycles. The Morgan fingerprint density at radius 1 is 1.43 bits per heavy atom. The Labute approximate surface area is 120 Å². The van der Waals surface area contributed by atoms with Crippen molar-refractivity contribution < 1.29 is 23.9 Å². The van der Waals surface area contributed by atoms with E-state index in [0.29, 0.717) is 23.3 Å². The third kappa shape index (κ3) is 2.96. The van der Waals surface area contributed by atoms with Crippen LogP contribution in [0, 0.1) is 0 Å². The number of methoxy groups -OCH3 is 1. The van der Waals surface area contributed by atoms with E-state index in [-0.39, 0.29) is 12.2 Å². The Hall–Kier alpha value is -2.57. The lowest BCUT2D eigenvalue weighted by atomic mass is 10.2. The van der Waals surface area contributed by atoms with Gasteiger partial charge in [-0.25, -0.2) is 4.79 Å². The van der Waals surface area contributed by atoms with E-state index in [4.69, 9.17) is 19.1 Å². The van der Waals surface area contributed by atoms with Gasteiger partial charge in [0.25, 0.3) is 5.89 Å². The van der Waals surface area contributed by atoms with Crippen LogP contribution in [-0.2, 0) is 6.61 Å². The van der Waals surface area contributed by atoms with E-state index in [1.165, 1.54) is 19.2 Å². The number of hydrogen-bond acceptors (Lipinski definition) is 6. The van der Waals surface area contributed by atoms with Gasteiger partial charge in [-0.3, -0.25) is 0 Å². The van der Waals surface area contributed by atoms with Crippen molar-refractivity contribution in [1.82, 2.24) is 10.1 Å². The number of nitrogens with zero attached hydrogens (tertiary/aromatic N) is 2. The molecule has 1 aliphatic carbocycles. The molecule has 1 heterocycles. The first-order valence-electron chi connectivity index (χ1n) is 6.54. The van der Waals surface area contributed by atoms with Crippen molar-refractivity contribution in [2.75, 3.05) is 7.11 Å². The van der Waals surface area contributed by atoms with Crippen LogP contribution in [0.5, 0.6) is 11.5 Å². The summed E-state index contributed by atoms with van der Waals surface area (Å²) in [5.41, 5.74) is 0.132. The van der Waals surface area contributed by atoms with Gasteiger partial charge in [-0.2, -0.15) is 4.98 Å². The molecular formula is C14H14N2O5. The van der Waals surface area contributed by atoms with E-state index in [1.54, 1.807) is 6.07 Å². The summed E-state index contributed by atoms with van der Waals surface area (Å²) in [5.74, 6) is 1.28. The lowest BCUT2D eigenvalue weighted by Crippen LogP contribution is -2.01. The zero-order chi connectivity index (χ0) is 14.8. The highest BCUT2D eigenvalue weighted by molar-refractivity contribution is 5.88. The fraction of sp³-hybridized carbons (Fsp3) is 0.357. The van der Waals surface area contributed by atoms with Crippen molar-refractivity contribution >= 4 is 5.97 Å². The normalized spacial score (nSPS) is 14.0. The van der Waals surface area contributed by atoms with E-state index < -0.39 is 5.97 Å². The van der Waals surface area contributed by atoms with Crippen LogP contribution in [0.4, 0.5) is 0 Å². The van der Waals surface area contributed by atoms with Gasteiger partial charge in [-0.1, -0.05) is 5.16 Å². The molecule has 0 radical (unpaired) electrons. The average molecular weight is 290 g/mol. The van der Waals surface area contributed by atoms with Crippen LogP contribution in [-0.4, -0.2) is 28.3 Å². The Bertz CT molecular complexity index is 663. The second kappa shape index (κ2) is 5.43. The van der Waals surface area contributed by atoms with Crippen LogP contribution >= 0.6 is 0 Å². The molecule has 0 spiro atoms. The molecule has 1 saturated carbocycles. The summed E-state index contributed by atoms with van der Waals surface area (Å²) >= 11 is 0. The maximum absolute atomic E-state index is 10.9. The first-order valence-corrected chi connectivity index (χ1v) is 6.54. The molecule has 1 aromatic carbocycles. The summed E-state index contributed by atoms with van der Waals surface area (Å²) in [6, 6.07) is 4.39. The molecule has 21 heavy (non-hydrogen) atoms. The third-order valence-electron chi connectivity index (χ3n) is 3.19. The Morgan fingerprint density at radius 2 is 2.24 bits per heavy atom. The largest absolute Gasteiger partial charge is 0.493 e. The van der Waals surface area contributed by atoms with Crippen molar-refractivity contribution in [1.29, 1.82) is 0 Å². The summed E-state index contributed by atoms with van der Waals surface area (Å²) in [6.45, 7) is 0.114. The standard InChI is InChI=1S/C14H14N2O5/c1-19-11-6-9(14(17)18)4-5-10(11)20-7-12-15-13(16-21-12)8-2-3-8/h4-6,8H,2-3,7H2,1H3,(H,17,18). The molecule has 0 bridgehead atoms. The second-order valence-corrected chi connectivity index (χ2v) is 4.78. The number of aromatic nitrogens is 2. The molecule has 0 atom stereocenters. The zero-order valence-corrected chi connectivity index (χ0v) is 11.4. The number of carbonyl (C=O) groups is 1. The molecule has 1 N–H and O–H groups in total. The monoisotopic (exact) mass is 290 g/mol. The van der Waals surface area contributed by atoms with Gasteiger partial charge in [-0.15, -0.1) is 0 Å². The Morgan fingerprint density at radius 3 is 2.90 bits per heavy atom. The number of rotatable bonds is 6. The smallest absolute Gasteiger partial charge is 0.335 e. The fourth-order valence-electron chi connectivity index (χ4n) is 1.89. The number of carboxylic acids is 1. The maximum Gasteiger partial charge on any atom is 0.335 e. The fourth-order valence-corrected chi connectivity index (χ4v) is 1.89.